The second kappa shape index (κ2) is 10.7. The molecule has 0 spiro atoms. The lowest BCUT2D eigenvalue weighted by molar-refractivity contribution is 0.153. The van der Waals surface area contributed by atoms with Crippen LogP contribution in [0.25, 0.3) is 0 Å². The lowest BCUT2D eigenvalue weighted by Gasteiger charge is -2.23. The standard InChI is InChI=1S/C20H26N4O4S/c1-4-12-23(2)29(26,27)19-9-7-18(8-10-19)22-20(25)24(13-14-28-3)16-17-6-5-11-21-15-17/h4-11,15H,1,12-14,16H2,2-3H3,(H,22,25). The number of hydrogen-bond acceptors (Lipinski definition) is 5. The molecule has 9 heteroatoms. The van der Waals surface area contributed by atoms with Crippen LogP contribution in [0.3, 0.4) is 0 Å². The number of ether oxygens (including phenoxy) is 1. The van der Waals surface area contributed by atoms with Crippen LogP contribution in [0.4, 0.5) is 10.5 Å². The van der Waals surface area contributed by atoms with Gasteiger partial charge in [-0.3, -0.25) is 4.98 Å². The van der Waals surface area contributed by atoms with Gasteiger partial charge in [-0.1, -0.05) is 12.1 Å². The van der Waals surface area contributed by atoms with E-state index in [1.165, 1.54) is 29.6 Å². The quantitative estimate of drug-likeness (QED) is 0.599. The van der Waals surface area contributed by atoms with Gasteiger partial charge in [0.1, 0.15) is 0 Å². The average molecular weight is 419 g/mol. The Kier molecular flexibility index (Phi) is 8.32. The van der Waals surface area contributed by atoms with Crippen LogP contribution in [0, 0.1) is 0 Å². The van der Waals surface area contributed by atoms with Crippen molar-refractivity contribution in [2.45, 2.75) is 11.4 Å². The van der Waals surface area contributed by atoms with E-state index >= 15 is 0 Å². The van der Waals surface area contributed by atoms with Crippen LogP contribution < -0.4 is 5.32 Å². The number of anilines is 1. The fraction of sp³-hybridized carbons (Fsp3) is 0.300. The SMILES string of the molecule is C=CCN(C)S(=O)(=O)c1ccc(NC(=O)N(CCOC)Cc2cccnc2)cc1. The molecule has 0 radical (unpaired) electrons. The number of sulfonamides is 1. The van der Waals surface area contributed by atoms with Gasteiger partial charge in [0, 0.05) is 51.9 Å². The highest BCUT2D eigenvalue weighted by molar-refractivity contribution is 7.89. The zero-order valence-electron chi connectivity index (χ0n) is 16.6. The van der Waals surface area contributed by atoms with E-state index in [4.69, 9.17) is 4.74 Å². The molecule has 0 aliphatic carbocycles. The number of carbonyl (C=O) groups is 1. The van der Waals surface area contributed by atoms with Gasteiger partial charge in [-0.2, -0.15) is 4.31 Å². The fourth-order valence-electron chi connectivity index (χ4n) is 2.54. The molecule has 0 fully saturated rings. The van der Waals surface area contributed by atoms with Gasteiger partial charge in [-0.25, -0.2) is 13.2 Å². The molecule has 2 amide bonds. The topological polar surface area (TPSA) is 91.8 Å². The maximum absolute atomic E-state index is 12.7. The number of methoxy groups -OCH3 is 1. The molecule has 0 aliphatic rings. The van der Waals surface area contributed by atoms with E-state index in [1.54, 1.807) is 36.5 Å². The molecule has 0 aliphatic heterocycles. The molecule has 156 valence electrons. The van der Waals surface area contributed by atoms with Crippen molar-refractivity contribution in [1.82, 2.24) is 14.2 Å². The molecule has 0 atom stereocenters. The number of pyridine rings is 1. The van der Waals surface area contributed by atoms with E-state index in [0.29, 0.717) is 25.4 Å². The monoisotopic (exact) mass is 418 g/mol. The minimum atomic E-state index is -3.60. The molecule has 0 saturated heterocycles. The summed E-state index contributed by atoms with van der Waals surface area (Å²) in [5, 5.41) is 2.79. The fourth-order valence-corrected chi connectivity index (χ4v) is 3.68. The number of amides is 2. The van der Waals surface area contributed by atoms with Crippen molar-refractivity contribution in [2.75, 3.05) is 39.2 Å². The van der Waals surface area contributed by atoms with Gasteiger partial charge in [-0.05, 0) is 35.9 Å². The van der Waals surface area contributed by atoms with Crippen LogP contribution >= 0.6 is 0 Å². The minimum absolute atomic E-state index is 0.145. The maximum atomic E-state index is 12.7. The Morgan fingerprint density at radius 1 is 1.28 bits per heavy atom. The van der Waals surface area contributed by atoms with Crippen molar-refractivity contribution in [3.63, 3.8) is 0 Å². The van der Waals surface area contributed by atoms with Gasteiger partial charge in [-0.15, -0.1) is 6.58 Å². The summed E-state index contributed by atoms with van der Waals surface area (Å²) >= 11 is 0. The highest BCUT2D eigenvalue weighted by Crippen LogP contribution is 2.18. The van der Waals surface area contributed by atoms with Crippen molar-refractivity contribution in [2.24, 2.45) is 0 Å². The summed E-state index contributed by atoms with van der Waals surface area (Å²) in [5.74, 6) is 0. The summed E-state index contributed by atoms with van der Waals surface area (Å²) in [5.41, 5.74) is 1.39. The normalized spacial score (nSPS) is 11.3. The first-order valence-corrected chi connectivity index (χ1v) is 10.4. The lowest BCUT2D eigenvalue weighted by atomic mass is 10.2. The van der Waals surface area contributed by atoms with Crippen LogP contribution in [0.1, 0.15) is 5.56 Å². The molecular formula is C20H26N4O4S. The molecule has 0 bridgehead atoms. The molecule has 0 saturated carbocycles. The molecular weight excluding hydrogens is 392 g/mol. The van der Waals surface area contributed by atoms with Gasteiger partial charge < -0.3 is 15.0 Å². The third kappa shape index (κ3) is 6.38. The van der Waals surface area contributed by atoms with Crippen molar-refractivity contribution in [3.05, 3.63) is 67.0 Å². The molecule has 0 unspecified atom stereocenters. The van der Waals surface area contributed by atoms with E-state index in [0.717, 1.165) is 5.56 Å². The minimum Gasteiger partial charge on any atom is -0.383 e. The highest BCUT2D eigenvalue weighted by atomic mass is 32.2. The number of rotatable bonds is 10. The molecule has 1 heterocycles. The van der Waals surface area contributed by atoms with Crippen LogP contribution in [-0.4, -0.2) is 62.5 Å². The number of urea groups is 1. The van der Waals surface area contributed by atoms with E-state index < -0.39 is 10.0 Å². The molecule has 1 N–H and O–H groups in total. The van der Waals surface area contributed by atoms with Crippen molar-refractivity contribution < 1.29 is 17.9 Å². The van der Waals surface area contributed by atoms with E-state index in [-0.39, 0.29) is 17.5 Å². The Balaban J connectivity index is 2.09. The van der Waals surface area contributed by atoms with Crippen molar-refractivity contribution >= 4 is 21.7 Å². The summed E-state index contributed by atoms with van der Waals surface area (Å²) < 4.78 is 31.2. The van der Waals surface area contributed by atoms with E-state index in [1.807, 2.05) is 12.1 Å². The Labute approximate surface area is 171 Å². The first-order valence-electron chi connectivity index (χ1n) is 8.99. The van der Waals surface area contributed by atoms with Crippen LogP contribution in [0.2, 0.25) is 0 Å². The Morgan fingerprint density at radius 3 is 2.59 bits per heavy atom. The lowest BCUT2D eigenvalue weighted by Crippen LogP contribution is -2.36. The Hall–Kier alpha value is -2.75. The molecule has 2 aromatic rings. The Morgan fingerprint density at radius 2 is 2.00 bits per heavy atom. The second-order valence-corrected chi connectivity index (χ2v) is 8.35. The second-order valence-electron chi connectivity index (χ2n) is 6.30. The summed E-state index contributed by atoms with van der Waals surface area (Å²) in [7, 11) is -0.543. The summed E-state index contributed by atoms with van der Waals surface area (Å²) in [6, 6.07) is 9.43. The number of nitrogens with one attached hydrogen (secondary N) is 1. The predicted octanol–water partition coefficient (Wildman–Crippen LogP) is 2.57. The Bertz CT molecular complexity index is 902. The number of aromatic nitrogens is 1. The number of hydrogen-bond donors (Lipinski definition) is 1. The average Bonchev–Trinajstić information content (AvgIpc) is 2.72. The third-order valence-electron chi connectivity index (χ3n) is 4.15. The number of benzene rings is 1. The van der Waals surface area contributed by atoms with Crippen molar-refractivity contribution in [1.29, 1.82) is 0 Å². The number of likely N-dealkylation sites (N-methyl/N-ethyl adjacent to an activating group) is 1. The van der Waals surface area contributed by atoms with E-state index in [9.17, 15) is 13.2 Å². The zero-order chi connectivity index (χ0) is 21.3. The molecule has 2 rings (SSSR count). The smallest absolute Gasteiger partial charge is 0.322 e. The highest BCUT2D eigenvalue weighted by Gasteiger charge is 2.20. The van der Waals surface area contributed by atoms with Gasteiger partial charge in [0.05, 0.1) is 11.5 Å². The van der Waals surface area contributed by atoms with Crippen LogP contribution in [0.15, 0.2) is 66.3 Å². The van der Waals surface area contributed by atoms with Crippen molar-refractivity contribution in [3.8, 4) is 0 Å². The summed E-state index contributed by atoms with van der Waals surface area (Å²) in [4.78, 5) is 18.5. The number of carbonyl (C=O) groups excluding carboxylic acids is 1. The summed E-state index contributed by atoms with van der Waals surface area (Å²) in [6.07, 6.45) is 4.89. The number of nitrogens with zero attached hydrogens (tertiary/aromatic N) is 3. The van der Waals surface area contributed by atoms with Gasteiger partial charge in [0.2, 0.25) is 10.0 Å². The first kappa shape index (κ1) is 22.5. The largest absolute Gasteiger partial charge is 0.383 e. The van der Waals surface area contributed by atoms with Crippen LogP contribution in [-0.2, 0) is 21.3 Å². The molecule has 29 heavy (non-hydrogen) atoms. The van der Waals surface area contributed by atoms with Gasteiger partial charge in [0.25, 0.3) is 0 Å². The van der Waals surface area contributed by atoms with Gasteiger partial charge in [0.15, 0.2) is 0 Å². The predicted molar refractivity (Wildman–Crippen MR) is 112 cm³/mol. The first-order chi connectivity index (χ1) is 13.9. The molecule has 8 nitrogen and oxygen atoms in total. The molecule has 1 aromatic carbocycles. The summed E-state index contributed by atoms with van der Waals surface area (Å²) in [6.45, 7) is 4.93. The third-order valence-corrected chi connectivity index (χ3v) is 5.99. The van der Waals surface area contributed by atoms with Gasteiger partial charge >= 0.3 is 6.03 Å². The van der Waals surface area contributed by atoms with Crippen LogP contribution in [0.5, 0.6) is 0 Å². The zero-order valence-corrected chi connectivity index (χ0v) is 17.4. The molecule has 1 aromatic heterocycles. The maximum Gasteiger partial charge on any atom is 0.322 e. The van der Waals surface area contributed by atoms with E-state index in [2.05, 4.69) is 16.9 Å².